The molecule has 5 heteroatoms. The van der Waals surface area contributed by atoms with Crippen LogP contribution < -0.4 is 5.32 Å². The number of anilines is 1. The summed E-state index contributed by atoms with van der Waals surface area (Å²) < 4.78 is 3.16. The molecule has 1 atom stereocenters. The van der Waals surface area contributed by atoms with Crippen molar-refractivity contribution in [3.63, 3.8) is 0 Å². The van der Waals surface area contributed by atoms with Crippen molar-refractivity contribution >= 4 is 28.9 Å². The number of hydrogen-bond acceptors (Lipinski definition) is 3. The molecule has 3 rings (SSSR count). The lowest BCUT2D eigenvalue weighted by molar-refractivity contribution is 0.521. The van der Waals surface area contributed by atoms with Gasteiger partial charge in [-0.2, -0.15) is 0 Å². The monoisotopic (exact) mass is 309 g/mol. The van der Waals surface area contributed by atoms with Crippen LogP contribution >= 0.6 is 22.9 Å². The van der Waals surface area contributed by atoms with E-state index in [4.69, 9.17) is 11.6 Å². The Kier molecular flexibility index (Phi) is 4.03. The lowest BCUT2D eigenvalue weighted by Crippen LogP contribution is -2.13. The second-order valence-electron chi connectivity index (χ2n) is 5.56. The molecule has 0 saturated heterocycles. The third-order valence-electron chi connectivity index (χ3n) is 3.94. The number of nitrogens with zero attached hydrogens (tertiary/aromatic N) is 2. The molecular formula is C15H20ClN3S. The van der Waals surface area contributed by atoms with Gasteiger partial charge in [-0.25, -0.2) is 4.98 Å². The molecule has 1 unspecified atom stereocenters. The number of imidazole rings is 1. The molecule has 108 valence electrons. The summed E-state index contributed by atoms with van der Waals surface area (Å²) in [6, 6.07) is 4.88. The van der Waals surface area contributed by atoms with Gasteiger partial charge in [-0.15, -0.1) is 11.3 Å². The number of aromatic nitrogens is 2. The van der Waals surface area contributed by atoms with Gasteiger partial charge in [0.2, 0.25) is 5.95 Å². The summed E-state index contributed by atoms with van der Waals surface area (Å²) in [5, 5.41) is 3.54. The zero-order valence-electron chi connectivity index (χ0n) is 11.9. The Morgan fingerprint density at radius 3 is 2.80 bits per heavy atom. The van der Waals surface area contributed by atoms with Crippen LogP contribution in [0.2, 0.25) is 4.34 Å². The molecule has 2 aromatic rings. The van der Waals surface area contributed by atoms with Gasteiger partial charge in [-0.05, 0) is 38.8 Å². The van der Waals surface area contributed by atoms with Crippen LogP contribution in [0.1, 0.15) is 55.3 Å². The average Bonchev–Trinajstić information content (AvgIpc) is 3.09. The summed E-state index contributed by atoms with van der Waals surface area (Å²) in [4.78, 5) is 5.90. The van der Waals surface area contributed by atoms with Crippen LogP contribution in [-0.2, 0) is 0 Å². The molecule has 0 spiro atoms. The Morgan fingerprint density at radius 2 is 2.15 bits per heavy atom. The zero-order chi connectivity index (χ0) is 14.1. The van der Waals surface area contributed by atoms with Crippen LogP contribution in [-0.4, -0.2) is 9.55 Å². The summed E-state index contributed by atoms with van der Waals surface area (Å²) in [5.74, 6) is 0.992. The van der Waals surface area contributed by atoms with E-state index in [1.807, 2.05) is 6.07 Å². The van der Waals surface area contributed by atoms with Gasteiger partial charge in [0.05, 0.1) is 16.1 Å². The number of hydrogen-bond donors (Lipinski definition) is 1. The van der Waals surface area contributed by atoms with Gasteiger partial charge >= 0.3 is 0 Å². The highest BCUT2D eigenvalue weighted by Gasteiger charge is 2.21. The van der Waals surface area contributed by atoms with E-state index in [0.29, 0.717) is 6.04 Å². The van der Waals surface area contributed by atoms with Crippen LogP contribution in [0.3, 0.4) is 0 Å². The van der Waals surface area contributed by atoms with Gasteiger partial charge in [-0.1, -0.05) is 24.4 Å². The highest BCUT2D eigenvalue weighted by atomic mass is 35.5. The largest absolute Gasteiger partial charge is 0.348 e. The summed E-state index contributed by atoms with van der Waals surface area (Å²) >= 11 is 7.64. The standard InChI is InChI=1S/C15H20ClN3S/c1-10-9-19(12-5-3-4-6-12)15(17-10)18-11(2)13-7-8-14(16)20-13/h7-9,11-12H,3-6H2,1-2H3,(H,17,18). The maximum absolute atomic E-state index is 6.02. The Hall–Kier alpha value is -1.00. The van der Waals surface area contributed by atoms with Crippen molar-refractivity contribution in [3.8, 4) is 0 Å². The molecule has 0 aliphatic heterocycles. The molecule has 0 radical (unpaired) electrons. The third kappa shape index (κ3) is 2.86. The molecule has 0 aromatic carbocycles. The first-order valence-corrected chi connectivity index (χ1v) is 8.40. The van der Waals surface area contributed by atoms with E-state index in [9.17, 15) is 0 Å². The van der Waals surface area contributed by atoms with Gasteiger partial charge < -0.3 is 9.88 Å². The van der Waals surface area contributed by atoms with E-state index in [2.05, 4.69) is 41.0 Å². The number of thiophene rings is 1. The topological polar surface area (TPSA) is 29.9 Å². The fraction of sp³-hybridized carbons (Fsp3) is 0.533. The van der Waals surface area contributed by atoms with Crippen molar-refractivity contribution in [2.75, 3.05) is 5.32 Å². The van der Waals surface area contributed by atoms with Crippen LogP contribution in [0.15, 0.2) is 18.3 Å². The van der Waals surface area contributed by atoms with Crippen LogP contribution in [0.5, 0.6) is 0 Å². The smallest absolute Gasteiger partial charge is 0.203 e. The maximum Gasteiger partial charge on any atom is 0.203 e. The lowest BCUT2D eigenvalue weighted by Gasteiger charge is -2.18. The molecular weight excluding hydrogens is 290 g/mol. The van der Waals surface area contributed by atoms with Gasteiger partial charge in [0.25, 0.3) is 0 Å². The Balaban J connectivity index is 1.79. The van der Waals surface area contributed by atoms with Gasteiger partial charge in [0, 0.05) is 17.1 Å². The van der Waals surface area contributed by atoms with E-state index in [1.54, 1.807) is 11.3 Å². The number of halogens is 1. The fourth-order valence-electron chi connectivity index (χ4n) is 2.91. The quantitative estimate of drug-likeness (QED) is 0.841. The summed E-state index contributed by atoms with van der Waals surface area (Å²) in [7, 11) is 0. The molecule has 1 saturated carbocycles. The molecule has 2 aromatic heterocycles. The number of rotatable bonds is 4. The predicted molar refractivity (Wildman–Crippen MR) is 85.8 cm³/mol. The maximum atomic E-state index is 6.02. The predicted octanol–water partition coefficient (Wildman–Crippen LogP) is 5.19. The third-order valence-corrected chi connectivity index (χ3v) is 5.35. The summed E-state index contributed by atoms with van der Waals surface area (Å²) in [5.41, 5.74) is 1.08. The van der Waals surface area contributed by atoms with Crippen molar-refractivity contribution in [1.82, 2.24) is 9.55 Å². The molecule has 20 heavy (non-hydrogen) atoms. The second-order valence-corrected chi connectivity index (χ2v) is 7.31. The Bertz CT molecular complexity index is 584. The fourth-order valence-corrected chi connectivity index (χ4v) is 3.97. The lowest BCUT2D eigenvalue weighted by atomic mass is 10.2. The first-order chi connectivity index (χ1) is 9.63. The Morgan fingerprint density at radius 1 is 1.40 bits per heavy atom. The molecule has 0 amide bonds. The minimum Gasteiger partial charge on any atom is -0.348 e. The number of aryl methyl sites for hydroxylation is 1. The van der Waals surface area contributed by atoms with Gasteiger partial charge in [0.15, 0.2) is 0 Å². The first kappa shape index (κ1) is 14.0. The van der Waals surface area contributed by atoms with Crippen LogP contribution in [0.4, 0.5) is 5.95 Å². The van der Waals surface area contributed by atoms with E-state index < -0.39 is 0 Å². The zero-order valence-corrected chi connectivity index (χ0v) is 13.5. The van der Waals surface area contributed by atoms with E-state index >= 15 is 0 Å². The molecule has 3 nitrogen and oxygen atoms in total. The second kappa shape index (κ2) is 5.78. The molecule has 1 aliphatic carbocycles. The molecule has 0 bridgehead atoms. The molecule has 1 fully saturated rings. The molecule has 1 N–H and O–H groups in total. The summed E-state index contributed by atoms with van der Waals surface area (Å²) in [6.45, 7) is 4.22. The van der Waals surface area contributed by atoms with Crippen molar-refractivity contribution in [2.45, 2.75) is 51.6 Å². The highest BCUT2D eigenvalue weighted by Crippen LogP contribution is 2.34. The normalized spacial score (nSPS) is 17.6. The average molecular weight is 310 g/mol. The van der Waals surface area contributed by atoms with Crippen molar-refractivity contribution in [1.29, 1.82) is 0 Å². The Labute approximate surface area is 129 Å². The van der Waals surface area contributed by atoms with E-state index in [1.165, 1.54) is 30.6 Å². The van der Waals surface area contributed by atoms with Crippen molar-refractivity contribution in [3.05, 3.63) is 33.2 Å². The molecule has 2 heterocycles. The number of nitrogens with one attached hydrogen (secondary N) is 1. The van der Waals surface area contributed by atoms with Crippen LogP contribution in [0, 0.1) is 6.92 Å². The highest BCUT2D eigenvalue weighted by molar-refractivity contribution is 7.16. The van der Waals surface area contributed by atoms with Crippen LogP contribution in [0.25, 0.3) is 0 Å². The van der Waals surface area contributed by atoms with Crippen molar-refractivity contribution < 1.29 is 0 Å². The molecule has 1 aliphatic rings. The van der Waals surface area contributed by atoms with E-state index in [-0.39, 0.29) is 6.04 Å². The van der Waals surface area contributed by atoms with Crippen molar-refractivity contribution in [2.24, 2.45) is 0 Å². The minimum absolute atomic E-state index is 0.231. The first-order valence-electron chi connectivity index (χ1n) is 7.21. The van der Waals surface area contributed by atoms with Gasteiger partial charge in [0.1, 0.15) is 0 Å². The SMILES string of the molecule is Cc1cn(C2CCCC2)c(NC(C)c2ccc(Cl)s2)n1. The van der Waals surface area contributed by atoms with E-state index in [0.717, 1.165) is 16.0 Å². The van der Waals surface area contributed by atoms with Gasteiger partial charge in [-0.3, -0.25) is 0 Å². The summed E-state index contributed by atoms with van der Waals surface area (Å²) in [6.07, 6.45) is 7.37. The minimum atomic E-state index is 0.231.